The number of carbonyl (C=O) groups is 1. The Morgan fingerprint density at radius 2 is 2.00 bits per heavy atom. The minimum Gasteiger partial charge on any atom is -0.444 e. The molecular formula is C8H6NO3. The molecule has 12 heavy (non-hydrogen) atoms. The number of rotatable bonds is 1. The predicted molar refractivity (Wildman–Crippen MR) is 40.5 cm³/mol. The van der Waals surface area contributed by atoms with Crippen LogP contribution in [0.15, 0.2) is 18.2 Å². The summed E-state index contributed by atoms with van der Waals surface area (Å²) in [5, 5.41) is 0. The fourth-order valence-corrected chi connectivity index (χ4v) is 0.979. The number of carbonyl (C=O) groups excluding carboxylic acids is 1. The Balaban J connectivity index is 2.45. The molecule has 0 aromatic heterocycles. The number of fused-ring (bicyclic) bond motifs is 1. The lowest BCUT2D eigenvalue weighted by Gasteiger charge is -1.97. The first kappa shape index (κ1) is 6.97. The van der Waals surface area contributed by atoms with Gasteiger partial charge in [0, 0.05) is 5.56 Å². The lowest BCUT2D eigenvalue weighted by Crippen LogP contribution is -2.10. The van der Waals surface area contributed by atoms with Gasteiger partial charge in [-0.2, -0.15) is 0 Å². The molecule has 0 aliphatic carbocycles. The van der Waals surface area contributed by atoms with E-state index in [1.165, 1.54) is 6.79 Å². The van der Waals surface area contributed by atoms with E-state index < -0.39 is 5.91 Å². The van der Waals surface area contributed by atoms with E-state index in [2.05, 4.69) is 0 Å². The standard InChI is InChI=1S/C8H6NO3/c9-8(10)5-1-2-6-7(3-5)12-4-11-6/h1-4H,(H2,9,10). The molecular weight excluding hydrogens is 158 g/mol. The molecule has 0 spiro atoms. The normalized spacial score (nSPS) is 13.0. The zero-order valence-corrected chi connectivity index (χ0v) is 6.11. The lowest BCUT2D eigenvalue weighted by molar-refractivity contribution is 0.1000. The third-order valence-electron chi connectivity index (χ3n) is 1.58. The number of benzene rings is 1. The van der Waals surface area contributed by atoms with Gasteiger partial charge < -0.3 is 15.2 Å². The zero-order valence-electron chi connectivity index (χ0n) is 6.11. The van der Waals surface area contributed by atoms with Crippen LogP contribution in [0.25, 0.3) is 0 Å². The van der Waals surface area contributed by atoms with Crippen molar-refractivity contribution in [2.75, 3.05) is 0 Å². The SMILES string of the molecule is NC(=O)c1ccc2c(c1)O[CH]O2. The van der Waals surface area contributed by atoms with Crippen LogP contribution in [-0.2, 0) is 0 Å². The Labute approximate surface area is 68.9 Å². The molecule has 0 saturated carbocycles. The molecule has 1 aromatic carbocycles. The van der Waals surface area contributed by atoms with E-state index in [1.54, 1.807) is 18.2 Å². The summed E-state index contributed by atoms with van der Waals surface area (Å²) >= 11 is 0. The molecule has 2 N–H and O–H groups in total. The average molecular weight is 164 g/mol. The minimum atomic E-state index is -0.478. The molecule has 1 radical (unpaired) electrons. The van der Waals surface area contributed by atoms with Crippen LogP contribution in [0.3, 0.4) is 0 Å². The molecule has 4 heteroatoms. The second-order valence-corrected chi connectivity index (χ2v) is 2.36. The van der Waals surface area contributed by atoms with Crippen molar-refractivity contribution in [2.45, 2.75) is 0 Å². The summed E-state index contributed by atoms with van der Waals surface area (Å²) in [4.78, 5) is 10.7. The average Bonchev–Trinajstić information content (AvgIpc) is 2.49. The van der Waals surface area contributed by atoms with Gasteiger partial charge >= 0.3 is 6.79 Å². The highest BCUT2D eigenvalue weighted by molar-refractivity contribution is 5.93. The van der Waals surface area contributed by atoms with Gasteiger partial charge in [-0.1, -0.05) is 0 Å². The molecule has 0 fully saturated rings. The van der Waals surface area contributed by atoms with Crippen molar-refractivity contribution in [3.05, 3.63) is 30.6 Å². The number of ether oxygens (including phenoxy) is 2. The second-order valence-electron chi connectivity index (χ2n) is 2.36. The number of primary amides is 1. The van der Waals surface area contributed by atoms with Crippen LogP contribution < -0.4 is 15.2 Å². The maximum absolute atomic E-state index is 10.7. The van der Waals surface area contributed by atoms with Crippen LogP contribution in [-0.4, -0.2) is 5.91 Å². The summed E-state index contributed by atoms with van der Waals surface area (Å²) < 4.78 is 9.87. The Hall–Kier alpha value is -1.71. The van der Waals surface area contributed by atoms with Crippen molar-refractivity contribution in [3.8, 4) is 11.5 Å². The van der Waals surface area contributed by atoms with Gasteiger partial charge in [-0.15, -0.1) is 0 Å². The third-order valence-corrected chi connectivity index (χ3v) is 1.58. The molecule has 1 aliphatic rings. The first-order valence-electron chi connectivity index (χ1n) is 3.36. The second kappa shape index (κ2) is 2.41. The predicted octanol–water partition coefficient (Wildman–Crippen LogP) is 0.676. The molecule has 1 aliphatic heterocycles. The smallest absolute Gasteiger partial charge is 0.316 e. The van der Waals surface area contributed by atoms with Gasteiger partial charge in [0.05, 0.1) is 0 Å². The van der Waals surface area contributed by atoms with Crippen LogP contribution in [0.1, 0.15) is 10.4 Å². The fourth-order valence-electron chi connectivity index (χ4n) is 0.979. The summed E-state index contributed by atoms with van der Waals surface area (Å²) in [6.45, 7) is 1.20. The van der Waals surface area contributed by atoms with Crippen LogP contribution in [0.4, 0.5) is 0 Å². The number of hydrogen-bond acceptors (Lipinski definition) is 3. The Morgan fingerprint density at radius 3 is 2.75 bits per heavy atom. The molecule has 0 saturated heterocycles. The molecule has 1 heterocycles. The number of nitrogens with two attached hydrogens (primary N) is 1. The molecule has 1 amide bonds. The van der Waals surface area contributed by atoms with E-state index in [0.29, 0.717) is 17.1 Å². The van der Waals surface area contributed by atoms with Crippen molar-refractivity contribution in [2.24, 2.45) is 5.73 Å². The van der Waals surface area contributed by atoms with E-state index in [4.69, 9.17) is 15.2 Å². The van der Waals surface area contributed by atoms with Crippen molar-refractivity contribution in [3.63, 3.8) is 0 Å². The monoisotopic (exact) mass is 164 g/mol. The van der Waals surface area contributed by atoms with Crippen LogP contribution in [0.2, 0.25) is 0 Å². The van der Waals surface area contributed by atoms with Gasteiger partial charge in [0.1, 0.15) is 0 Å². The highest BCUT2D eigenvalue weighted by atomic mass is 16.7. The maximum Gasteiger partial charge on any atom is 0.316 e. The van der Waals surface area contributed by atoms with Gasteiger partial charge in [-0.05, 0) is 18.2 Å². The van der Waals surface area contributed by atoms with Gasteiger partial charge in [0.15, 0.2) is 11.5 Å². The summed E-state index contributed by atoms with van der Waals surface area (Å²) in [6.07, 6.45) is 0. The summed E-state index contributed by atoms with van der Waals surface area (Å²) in [6, 6.07) is 4.77. The summed E-state index contributed by atoms with van der Waals surface area (Å²) in [5.41, 5.74) is 5.47. The Kier molecular flexibility index (Phi) is 1.40. The Bertz CT molecular complexity index is 335. The van der Waals surface area contributed by atoms with E-state index in [9.17, 15) is 4.79 Å². The van der Waals surface area contributed by atoms with E-state index >= 15 is 0 Å². The van der Waals surface area contributed by atoms with Gasteiger partial charge in [0.25, 0.3) is 0 Å². The van der Waals surface area contributed by atoms with Crippen molar-refractivity contribution in [1.29, 1.82) is 0 Å². The van der Waals surface area contributed by atoms with E-state index in [0.717, 1.165) is 0 Å². The highest BCUT2D eigenvalue weighted by Gasteiger charge is 2.15. The Morgan fingerprint density at radius 1 is 1.25 bits per heavy atom. The third kappa shape index (κ3) is 0.972. The molecule has 0 atom stereocenters. The molecule has 0 bridgehead atoms. The van der Waals surface area contributed by atoms with Gasteiger partial charge in [-0.3, -0.25) is 4.79 Å². The van der Waals surface area contributed by atoms with Crippen LogP contribution >= 0.6 is 0 Å². The lowest BCUT2D eigenvalue weighted by atomic mass is 10.2. The summed E-state index contributed by atoms with van der Waals surface area (Å²) in [5.74, 6) is 0.639. The molecule has 4 nitrogen and oxygen atoms in total. The molecule has 0 unspecified atom stereocenters. The summed E-state index contributed by atoms with van der Waals surface area (Å²) in [7, 11) is 0. The van der Waals surface area contributed by atoms with Crippen LogP contribution in [0.5, 0.6) is 11.5 Å². The first-order valence-corrected chi connectivity index (χ1v) is 3.36. The van der Waals surface area contributed by atoms with Gasteiger partial charge in [-0.25, -0.2) is 0 Å². The highest BCUT2D eigenvalue weighted by Crippen LogP contribution is 2.33. The first-order chi connectivity index (χ1) is 5.77. The van der Waals surface area contributed by atoms with Crippen LogP contribution in [0, 0.1) is 6.79 Å². The van der Waals surface area contributed by atoms with Crippen molar-refractivity contribution in [1.82, 2.24) is 0 Å². The molecule has 2 rings (SSSR count). The van der Waals surface area contributed by atoms with E-state index in [1.807, 2.05) is 0 Å². The largest absolute Gasteiger partial charge is 0.444 e. The minimum absolute atomic E-state index is 0.410. The zero-order chi connectivity index (χ0) is 8.55. The van der Waals surface area contributed by atoms with E-state index in [-0.39, 0.29) is 0 Å². The fraction of sp³-hybridized carbons (Fsp3) is 0. The van der Waals surface area contributed by atoms with Crippen molar-refractivity contribution < 1.29 is 14.3 Å². The molecule has 1 aromatic rings. The van der Waals surface area contributed by atoms with Gasteiger partial charge in [0.2, 0.25) is 5.91 Å². The van der Waals surface area contributed by atoms with Crippen molar-refractivity contribution >= 4 is 5.91 Å². The molecule has 61 valence electrons. The number of amides is 1. The quantitative estimate of drug-likeness (QED) is 0.663. The maximum atomic E-state index is 10.7. The number of hydrogen-bond donors (Lipinski definition) is 1. The topological polar surface area (TPSA) is 61.6 Å².